The highest BCUT2D eigenvalue weighted by Gasteiger charge is 2.24. The summed E-state index contributed by atoms with van der Waals surface area (Å²) in [6, 6.07) is 5.11. The van der Waals surface area contributed by atoms with Crippen LogP contribution in [0.4, 0.5) is 0 Å². The van der Waals surface area contributed by atoms with Crippen LogP contribution in [0.2, 0.25) is 5.02 Å². The number of hydrogen-bond acceptors (Lipinski definition) is 3. The summed E-state index contributed by atoms with van der Waals surface area (Å²) in [5.74, 6) is 1.14. The molecule has 0 radical (unpaired) electrons. The molecule has 2 N–H and O–H groups in total. The highest BCUT2D eigenvalue weighted by molar-refractivity contribution is 7.89. The van der Waals surface area contributed by atoms with Gasteiger partial charge in [-0.05, 0) is 49.4 Å². The maximum atomic E-state index is 12.4. The van der Waals surface area contributed by atoms with Gasteiger partial charge < -0.3 is 5.32 Å². The monoisotopic (exact) mass is 330 g/mol. The molecule has 1 saturated carbocycles. The summed E-state index contributed by atoms with van der Waals surface area (Å²) in [4.78, 5) is 0.169. The summed E-state index contributed by atoms with van der Waals surface area (Å²) >= 11 is 6.06. The second-order valence-corrected chi connectivity index (χ2v) is 8.07. The molecule has 0 amide bonds. The van der Waals surface area contributed by atoms with Crippen LogP contribution in [0, 0.1) is 11.8 Å². The van der Waals surface area contributed by atoms with E-state index < -0.39 is 10.0 Å². The van der Waals surface area contributed by atoms with Crippen molar-refractivity contribution in [3.8, 4) is 0 Å². The molecular weight excluding hydrogens is 308 g/mol. The molecule has 2 unspecified atom stereocenters. The zero-order chi connectivity index (χ0) is 15.5. The molecule has 0 aliphatic heterocycles. The fraction of sp³-hybridized carbons (Fsp3) is 0.600. The molecule has 4 nitrogen and oxygen atoms in total. The standard InChI is InChI=1S/C15H23ClN2O2S/c1-11-3-4-12(7-11)10-18-21(19,20)15-8-13(9-17-2)5-6-14(15)16/h5-6,8,11-12,17-18H,3-4,7,9-10H2,1-2H3. The second kappa shape index (κ2) is 7.09. The zero-order valence-corrected chi connectivity index (χ0v) is 14.1. The van der Waals surface area contributed by atoms with Crippen molar-refractivity contribution in [3.05, 3.63) is 28.8 Å². The Morgan fingerprint density at radius 1 is 1.33 bits per heavy atom. The topological polar surface area (TPSA) is 58.2 Å². The van der Waals surface area contributed by atoms with E-state index in [4.69, 9.17) is 11.6 Å². The molecule has 118 valence electrons. The van der Waals surface area contributed by atoms with E-state index in [1.165, 1.54) is 6.42 Å². The molecule has 1 aromatic carbocycles. The Kier molecular flexibility index (Phi) is 5.66. The Bertz CT molecular complexity index is 589. The van der Waals surface area contributed by atoms with Crippen molar-refractivity contribution in [2.75, 3.05) is 13.6 Å². The van der Waals surface area contributed by atoms with Crippen molar-refractivity contribution in [3.63, 3.8) is 0 Å². The fourth-order valence-corrected chi connectivity index (χ4v) is 4.55. The van der Waals surface area contributed by atoms with Crippen LogP contribution in [0.1, 0.15) is 31.7 Å². The van der Waals surface area contributed by atoms with E-state index in [0.29, 0.717) is 24.9 Å². The SMILES string of the molecule is CNCc1ccc(Cl)c(S(=O)(=O)NCC2CCC(C)C2)c1. The second-order valence-electron chi connectivity index (χ2n) is 5.93. The third-order valence-corrected chi connectivity index (χ3v) is 5.94. The van der Waals surface area contributed by atoms with Gasteiger partial charge in [0, 0.05) is 13.1 Å². The molecule has 0 heterocycles. The molecule has 2 atom stereocenters. The lowest BCUT2D eigenvalue weighted by atomic mass is 10.1. The number of benzene rings is 1. The van der Waals surface area contributed by atoms with Crippen LogP contribution in [0.15, 0.2) is 23.1 Å². The van der Waals surface area contributed by atoms with Gasteiger partial charge in [0.1, 0.15) is 4.90 Å². The van der Waals surface area contributed by atoms with Crippen molar-refractivity contribution in [1.29, 1.82) is 0 Å². The van der Waals surface area contributed by atoms with Crippen molar-refractivity contribution >= 4 is 21.6 Å². The molecule has 6 heteroatoms. The lowest BCUT2D eigenvalue weighted by molar-refractivity contribution is 0.498. The van der Waals surface area contributed by atoms with Gasteiger partial charge in [-0.1, -0.05) is 31.0 Å². The summed E-state index contributed by atoms with van der Waals surface area (Å²) in [6.45, 7) is 3.33. The molecular formula is C15H23ClN2O2S. The lowest BCUT2D eigenvalue weighted by Crippen LogP contribution is -2.29. The first-order valence-electron chi connectivity index (χ1n) is 7.35. The normalized spacial score (nSPS) is 22.6. The molecule has 0 aromatic heterocycles. The minimum Gasteiger partial charge on any atom is -0.316 e. The van der Waals surface area contributed by atoms with Crippen molar-refractivity contribution < 1.29 is 8.42 Å². The highest BCUT2D eigenvalue weighted by atomic mass is 35.5. The average Bonchev–Trinajstić information content (AvgIpc) is 2.85. The molecule has 1 aromatic rings. The molecule has 1 aliphatic carbocycles. The summed E-state index contributed by atoms with van der Waals surface area (Å²) in [5, 5.41) is 3.27. The van der Waals surface area contributed by atoms with Crippen LogP contribution >= 0.6 is 11.6 Å². The smallest absolute Gasteiger partial charge is 0.242 e. The Morgan fingerprint density at radius 3 is 2.71 bits per heavy atom. The van der Waals surface area contributed by atoms with Gasteiger partial charge in [0.05, 0.1) is 5.02 Å². The Labute approximate surface area is 132 Å². The van der Waals surface area contributed by atoms with Crippen LogP contribution in [0.3, 0.4) is 0 Å². The minimum atomic E-state index is -3.55. The van der Waals surface area contributed by atoms with Crippen LogP contribution < -0.4 is 10.0 Å². The van der Waals surface area contributed by atoms with E-state index in [2.05, 4.69) is 17.0 Å². The Morgan fingerprint density at radius 2 is 2.10 bits per heavy atom. The number of hydrogen-bond donors (Lipinski definition) is 2. The molecule has 0 saturated heterocycles. The van der Waals surface area contributed by atoms with Gasteiger partial charge in [-0.2, -0.15) is 0 Å². The maximum Gasteiger partial charge on any atom is 0.242 e. The Hall–Kier alpha value is -0.620. The largest absolute Gasteiger partial charge is 0.316 e. The van der Waals surface area contributed by atoms with Crippen LogP contribution in [-0.4, -0.2) is 22.0 Å². The Balaban J connectivity index is 2.09. The van der Waals surface area contributed by atoms with Crippen LogP contribution in [-0.2, 0) is 16.6 Å². The van der Waals surface area contributed by atoms with Gasteiger partial charge in [-0.3, -0.25) is 0 Å². The molecule has 0 bridgehead atoms. The lowest BCUT2D eigenvalue weighted by Gasteiger charge is -2.13. The van der Waals surface area contributed by atoms with Gasteiger partial charge in [-0.15, -0.1) is 0 Å². The van der Waals surface area contributed by atoms with Crippen molar-refractivity contribution in [1.82, 2.24) is 10.0 Å². The predicted molar refractivity (Wildman–Crippen MR) is 85.9 cm³/mol. The van der Waals surface area contributed by atoms with E-state index in [-0.39, 0.29) is 9.92 Å². The number of rotatable bonds is 6. The third-order valence-electron chi connectivity index (χ3n) is 4.03. The van der Waals surface area contributed by atoms with Gasteiger partial charge in [0.15, 0.2) is 0 Å². The van der Waals surface area contributed by atoms with Crippen LogP contribution in [0.5, 0.6) is 0 Å². The maximum absolute atomic E-state index is 12.4. The fourth-order valence-electron chi connectivity index (χ4n) is 2.88. The van der Waals surface area contributed by atoms with Crippen molar-refractivity contribution in [2.24, 2.45) is 11.8 Å². The first-order valence-corrected chi connectivity index (χ1v) is 9.21. The number of halogens is 1. The molecule has 21 heavy (non-hydrogen) atoms. The van der Waals surface area contributed by atoms with Gasteiger partial charge in [0.2, 0.25) is 10.0 Å². The van der Waals surface area contributed by atoms with Crippen molar-refractivity contribution in [2.45, 2.75) is 37.6 Å². The highest BCUT2D eigenvalue weighted by Crippen LogP contribution is 2.30. The van der Waals surface area contributed by atoms with E-state index in [0.717, 1.165) is 18.4 Å². The molecule has 1 fully saturated rings. The van der Waals surface area contributed by atoms with E-state index in [1.54, 1.807) is 12.1 Å². The van der Waals surface area contributed by atoms with Crippen LogP contribution in [0.25, 0.3) is 0 Å². The summed E-state index contributed by atoms with van der Waals surface area (Å²) in [7, 11) is -1.72. The first-order chi connectivity index (χ1) is 9.92. The summed E-state index contributed by atoms with van der Waals surface area (Å²) in [5.41, 5.74) is 0.900. The predicted octanol–water partition coefficient (Wildman–Crippen LogP) is 2.77. The first kappa shape index (κ1) is 16.7. The third kappa shape index (κ3) is 4.42. The van der Waals surface area contributed by atoms with Gasteiger partial charge in [0.25, 0.3) is 0 Å². The molecule has 0 spiro atoms. The summed E-state index contributed by atoms with van der Waals surface area (Å²) < 4.78 is 27.6. The molecule has 2 rings (SSSR count). The van der Waals surface area contributed by atoms with Gasteiger partial charge >= 0.3 is 0 Å². The quantitative estimate of drug-likeness (QED) is 0.843. The zero-order valence-electron chi connectivity index (χ0n) is 12.5. The summed E-state index contributed by atoms with van der Waals surface area (Å²) in [6.07, 6.45) is 3.37. The minimum absolute atomic E-state index is 0.169. The van der Waals surface area contributed by atoms with E-state index in [1.807, 2.05) is 13.1 Å². The number of sulfonamides is 1. The van der Waals surface area contributed by atoms with E-state index >= 15 is 0 Å². The molecule has 1 aliphatic rings. The average molecular weight is 331 g/mol. The van der Waals surface area contributed by atoms with E-state index in [9.17, 15) is 8.42 Å². The van der Waals surface area contributed by atoms with Gasteiger partial charge in [-0.25, -0.2) is 13.1 Å². The number of nitrogens with one attached hydrogen (secondary N) is 2.